The number of hydrogen-bond acceptors (Lipinski definition) is 3. The minimum atomic E-state index is -0.282. The van der Waals surface area contributed by atoms with Gasteiger partial charge in [-0.2, -0.15) is 0 Å². The first-order valence-corrected chi connectivity index (χ1v) is 9.97. The number of nitrogens with one attached hydrogen (secondary N) is 1. The van der Waals surface area contributed by atoms with E-state index in [1.165, 1.54) is 0 Å². The molecule has 1 aromatic carbocycles. The molecule has 2 saturated heterocycles. The number of aryl methyl sites for hydroxylation is 1. The summed E-state index contributed by atoms with van der Waals surface area (Å²) in [6, 6.07) is 8.22. The van der Waals surface area contributed by atoms with E-state index in [1.807, 2.05) is 36.1 Å². The molecule has 3 aliphatic rings. The van der Waals surface area contributed by atoms with Crippen molar-refractivity contribution in [3.8, 4) is 0 Å². The van der Waals surface area contributed by atoms with Crippen LogP contribution in [0, 0.1) is 18.8 Å². The van der Waals surface area contributed by atoms with Crippen LogP contribution < -0.4 is 10.2 Å². The van der Waals surface area contributed by atoms with E-state index in [-0.39, 0.29) is 36.0 Å². The average molecular weight is 369 g/mol. The zero-order valence-electron chi connectivity index (χ0n) is 15.8. The van der Waals surface area contributed by atoms with Crippen LogP contribution in [0.5, 0.6) is 0 Å². The predicted molar refractivity (Wildman–Crippen MR) is 102 cm³/mol. The Hall–Kier alpha value is -2.37. The predicted octanol–water partition coefficient (Wildman–Crippen LogP) is 1.87. The second kappa shape index (κ2) is 7.33. The Balaban J connectivity index is 1.31. The molecule has 1 atom stereocenters. The maximum Gasteiger partial charge on any atom is 0.228 e. The van der Waals surface area contributed by atoms with Gasteiger partial charge in [-0.15, -0.1) is 0 Å². The fraction of sp³-hybridized carbons (Fsp3) is 0.571. The summed E-state index contributed by atoms with van der Waals surface area (Å²) in [5, 5.41) is 3.06. The number of rotatable bonds is 4. The van der Waals surface area contributed by atoms with Crippen LogP contribution in [0.1, 0.15) is 37.7 Å². The highest BCUT2D eigenvalue weighted by Crippen LogP contribution is 2.28. The minimum absolute atomic E-state index is 0.0101. The van der Waals surface area contributed by atoms with Crippen molar-refractivity contribution < 1.29 is 14.4 Å². The van der Waals surface area contributed by atoms with Crippen LogP contribution in [0.3, 0.4) is 0 Å². The third kappa shape index (κ3) is 3.99. The smallest absolute Gasteiger partial charge is 0.228 e. The molecule has 3 fully saturated rings. The van der Waals surface area contributed by atoms with Crippen LogP contribution >= 0.6 is 0 Å². The van der Waals surface area contributed by atoms with Gasteiger partial charge in [-0.05, 0) is 44.7 Å². The molecule has 6 nitrogen and oxygen atoms in total. The van der Waals surface area contributed by atoms with Crippen molar-refractivity contribution in [1.82, 2.24) is 10.2 Å². The Bertz CT molecular complexity index is 734. The lowest BCUT2D eigenvalue weighted by molar-refractivity contribution is -0.139. The molecule has 0 radical (unpaired) electrons. The number of amides is 3. The van der Waals surface area contributed by atoms with Gasteiger partial charge in [-0.1, -0.05) is 17.7 Å². The van der Waals surface area contributed by atoms with Gasteiger partial charge >= 0.3 is 0 Å². The SMILES string of the molecule is Cc1ccc(N2CC(C(=O)N3CCC(C(=O)NC4CC4)CC3)CC2=O)cc1. The zero-order valence-corrected chi connectivity index (χ0v) is 15.8. The maximum absolute atomic E-state index is 12.9. The maximum atomic E-state index is 12.9. The van der Waals surface area contributed by atoms with Gasteiger partial charge in [0.1, 0.15) is 0 Å². The number of carbonyl (C=O) groups is 3. The third-order valence-corrected chi connectivity index (χ3v) is 5.92. The Morgan fingerprint density at radius 1 is 1.00 bits per heavy atom. The van der Waals surface area contributed by atoms with Crippen LogP contribution in [0.15, 0.2) is 24.3 Å². The Morgan fingerprint density at radius 3 is 2.30 bits per heavy atom. The number of hydrogen-bond donors (Lipinski definition) is 1. The molecular formula is C21H27N3O3. The number of carbonyl (C=O) groups excluding carboxylic acids is 3. The molecule has 1 aliphatic carbocycles. The molecular weight excluding hydrogens is 342 g/mol. The van der Waals surface area contributed by atoms with Crippen LogP contribution in [-0.2, 0) is 14.4 Å². The summed E-state index contributed by atoms with van der Waals surface area (Å²) >= 11 is 0. The lowest BCUT2D eigenvalue weighted by Crippen LogP contribution is -2.45. The molecule has 1 unspecified atom stereocenters. The molecule has 1 N–H and O–H groups in total. The second-order valence-corrected chi connectivity index (χ2v) is 8.12. The Kier molecular flexibility index (Phi) is 4.89. The van der Waals surface area contributed by atoms with E-state index >= 15 is 0 Å². The van der Waals surface area contributed by atoms with Crippen molar-refractivity contribution in [2.45, 2.75) is 45.1 Å². The fourth-order valence-corrected chi connectivity index (χ4v) is 4.01. The summed E-state index contributed by atoms with van der Waals surface area (Å²) in [5.74, 6) is -0.0549. The molecule has 144 valence electrons. The molecule has 0 bridgehead atoms. The van der Waals surface area contributed by atoms with E-state index in [9.17, 15) is 14.4 Å². The minimum Gasteiger partial charge on any atom is -0.353 e. The molecule has 2 aliphatic heterocycles. The standard InChI is InChI=1S/C21H27N3O3/c1-14-2-6-18(7-3-14)24-13-16(12-19(24)25)21(27)23-10-8-15(9-11-23)20(26)22-17-4-5-17/h2-3,6-7,15-17H,4-5,8-13H2,1H3,(H,22,26). The molecule has 27 heavy (non-hydrogen) atoms. The number of benzene rings is 1. The third-order valence-electron chi connectivity index (χ3n) is 5.92. The summed E-state index contributed by atoms with van der Waals surface area (Å²) in [7, 11) is 0. The van der Waals surface area contributed by atoms with Crippen molar-refractivity contribution in [1.29, 1.82) is 0 Å². The van der Waals surface area contributed by atoms with E-state index in [2.05, 4.69) is 5.32 Å². The van der Waals surface area contributed by atoms with Crippen molar-refractivity contribution in [2.75, 3.05) is 24.5 Å². The summed E-state index contributed by atoms with van der Waals surface area (Å²) in [4.78, 5) is 41.0. The van der Waals surface area contributed by atoms with Crippen molar-refractivity contribution in [3.63, 3.8) is 0 Å². The van der Waals surface area contributed by atoms with Crippen molar-refractivity contribution >= 4 is 23.4 Å². The van der Waals surface area contributed by atoms with Gasteiger partial charge < -0.3 is 15.1 Å². The average Bonchev–Trinajstić information content (AvgIpc) is 3.41. The largest absolute Gasteiger partial charge is 0.353 e. The van der Waals surface area contributed by atoms with Gasteiger partial charge in [0.05, 0.1) is 5.92 Å². The van der Waals surface area contributed by atoms with Crippen molar-refractivity contribution in [2.24, 2.45) is 11.8 Å². The highest BCUT2D eigenvalue weighted by molar-refractivity contribution is 6.00. The molecule has 2 heterocycles. The van der Waals surface area contributed by atoms with Crippen LogP contribution in [-0.4, -0.2) is 48.3 Å². The highest BCUT2D eigenvalue weighted by atomic mass is 16.2. The number of likely N-dealkylation sites (tertiary alicyclic amines) is 1. The summed E-state index contributed by atoms with van der Waals surface area (Å²) in [5.41, 5.74) is 2.00. The fourth-order valence-electron chi connectivity index (χ4n) is 4.01. The first-order chi connectivity index (χ1) is 13.0. The summed E-state index contributed by atoms with van der Waals surface area (Å²) in [6.45, 7) is 3.67. The first-order valence-electron chi connectivity index (χ1n) is 9.97. The van der Waals surface area contributed by atoms with E-state index in [1.54, 1.807) is 4.90 Å². The molecule has 0 aromatic heterocycles. The van der Waals surface area contributed by atoms with Gasteiger partial charge in [-0.3, -0.25) is 14.4 Å². The van der Waals surface area contributed by atoms with Crippen LogP contribution in [0.25, 0.3) is 0 Å². The van der Waals surface area contributed by atoms with Gasteiger partial charge in [0.2, 0.25) is 17.7 Å². The number of nitrogens with zero attached hydrogens (tertiary/aromatic N) is 2. The molecule has 4 rings (SSSR count). The van der Waals surface area contributed by atoms with E-state index in [4.69, 9.17) is 0 Å². The quantitative estimate of drug-likeness (QED) is 0.881. The van der Waals surface area contributed by atoms with Gasteiger partial charge in [0.25, 0.3) is 0 Å². The summed E-state index contributed by atoms with van der Waals surface area (Å²) in [6.07, 6.45) is 3.89. The molecule has 1 aromatic rings. The Morgan fingerprint density at radius 2 is 1.67 bits per heavy atom. The number of anilines is 1. The molecule has 0 spiro atoms. The molecule has 1 saturated carbocycles. The van der Waals surface area contributed by atoms with Gasteiger partial charge in [0.15, 0.2) is 0 Å². The normalized spacial score (nSPS) is 23.6. The van der Waals surface area contributed by atoms with Crippen LogP contribution in [0.4, 0.5) is 5.69 Å². The van der Waals surface area contributed by atoms with E-state index in [0.717, 1.165) is 24.1 Å². The second-order valence-electron chi connectivity index (χ2n) is 8.12. The summed E-state index contributed by atoms with van der Waals surface area (Å²) < 4.78 is 0. The van der Waals surface area contributed by atoms with Crippen LogP contribution in [0.2, 0.25) is 0 Å². The molecule has 3 amide bonds. The van der Waals surface area contributed by atoms with E-state index in [0.29, 0.717) is 38.5 Å². The van der Waals surface area contributed by atoms with Gasteiger partial charge in [0, 0.05) is 43.7 Å². The highest BCUT2D eigenvalue weighted by Gasteiger charge is 2.39. The Labute approximate surface area is 159 Å². The monoisotopic (exact) mass is 369 g/mol. The zero-order chi connectivity index (χ0) is 19.0. The van der Waals surface area contributed by atoms with E-state index < -0.39 is 0 Å². The van der Waals surface area contributed by atoms with Gasteiger partial charge in [-0.25, -0.2) is 0 Å². The lowest BCUT2D eigenvalue weighted by Gasteiger charge is -2.33. The first kappa shape index (κ1) is 18.0. The lowest BCUT2D eigenvalue weighted by atomic mass is 9.94. The molecule has 6 heteroatoms. The number of piperidine rings is 1. The van der Waals surface area contributed by atoms with Crippen molar-refractivity contribution in [3.05, 3.63) is 29.8 Å². The topological polar surface area (TPSA) is 69.7 Å².